The standard InChI is InChI=1S/C23H27N3O4S2/c1-3-18(21(29)24-16-10-8-15(2)9-11-16)32-23-25-17-12-14-31-20(17)22(30)26(23)13-6-4-5-7-19(27)28/h8-12,14,18H,3-7,13H2,1-2H3,(H,24,29)(H,27,28)/p-1. The Kier molecular flexibility index (Phi) is 8.46. The Balaban J connectivity index is 1.78. The normalized spacial score (nSPS) is 12.1. The van der Waals surface area contributed by atoms with Crippen LogP contribution in [0.3, 0.4) is 0 Å². The first-order chi connectivity index (χ1) is 15.4. The summed E-state index contributed by atoms with van der Waals surface area (Å²) in [5.74, 6) is -1.20. The number of anilines is 1. The third kappa shape index (κ3) is 6.20. The Morgan fingerprint density at radius 2 is 1.94 bits per heavy atom. The number of thioether (sulfide) groups is 1. The molecule has 2 aromatic heterocycles. The maximum atomic E-state index is 13.1. The molecule has 0 aliphatic heterocycles. The Bertz CT molecular complexity index is 1140. The second-order valence-corrected chi connectivity index (χ2v) is 9.62. The van der Waals surface area contributed by atoms with Gasteiger partial charge in [0.05, 0.1) is 10.8 Å². The molecule has 0 radical (unpaired) electrons. The second-order valence-electron chi connectivity index (χ2n) is 7.54. The lowest BCUT2D eigenvalue weighted by molar-refractivity contribution is -0.305. The lowest BCUT2D eigenvalue weighted by Crippen LogP contribution is -2.28. The summed E-state index contributed by atoms with van der Waals surface area (Å²) >= 11 is 2.64. The third-order valence-corrected chi connectivity index (χ3v) is 7.27. The zero-order valence-corrected chi connectivity index (χ0v) is 19.8. The van der Waals surface area contributed by atoms with E-state index < -0.39 is 11.2 Å². The summed E-state index contributed by atoms with van der Waals surface area (Å²) in [4.78, 5) is 41.2. The lowest BCUT2D eigenvalue weighted by atomic mass is 10.2. The highest BCUT2D eigenvalue weighted by molar-refractivity contribution is 8.00. The lowest BCUT2D eigenvalue weighted by Gasteiger charge is -2.17. The fourth-order valence-electron chi connectivity index (χ4n) is 3.24. The van der Waals surface area contributed by atoms with E-state index in [4.69, 9.17) is 0 Å². The molecule has 3 aromatic rings. The molecule has 7 nitrogen and oxygen atoms in total. The summed E-state index contributed by atoms with van der Waals surface area (Å²) in [7, 11) is 0. The van der Waals surface area contributed by atoms with Crippen molar-refractivity contribution in [3.8, 4) is 0 Å². The van der Waals surface area contributed by atoms with Crippen molar-refractivity contribution in [3.63, 3.8) is 0 Å². The van der Waals surface area contributed by atoms with Crippen molar-refractivity contribution >= 4 is 50.9 Å². The van der Waals surface area contributed by atoms with Crippen molar-refractivity contribution < 1.29 is 14.7 Å². The fraction of sp³-hybridized carbons (Fsp3) is 0.391. The molecule has 170 valence electrons. The number of carbonyl (C=O) groups is 2. The van der Waals surface area contributed by atoms with Crippen LogP contribution in [0.25, 0.3) is 10.2 Å². The number of aromatic nitrogens is 2. The number of carboxylic acids is 1. The van der Waals surface area contributed by atoms with Gasteiger partial charge in [-0.1, -0.05) is 42.8 Å². The zero-order valence-electron chi connectivity index (χ0n) is 18.1. The monoisotopic (exact) mass is 472 g/mol. The summed E-state index contributed by atoms with van der Waals surface area (Å²) in [5, 5.41) is 15.5. The van der Waals surface area contributed by atoms with Crippen LogP contribution < -0.4 is 16.0 Å². The average Bonchev–Trinajstić information content (AvgIpc) is 3.23. The van der Waals surface area contributed by atoms with Crippen LogP contribution in [-0.2, 0) is 16.1 Å². The molecule has 0 aliphatic rings. The topological polar surface area (TPSA) is 104 Å². The molecule has 2 heterocycles. The molecule has 0 bridgehead atoms. The SMILES string of the molecule is CCC(Sc1nc2ccsc2c(=O)n1CCCCCC(=O)[O-])C(=O)Nc1ccc(C)cc1. The minimum Gasteiger partial charge on any atom is -0.550 e. The first kappa shape index (κ1) is 24.0. The number of rotatable bonds is 11. The van der Waals surface area contributed by atoms with E-state index in [9.17, 15) is 19.5 Å². The fourth-order valence-corrected chi connectivity index (χ4v) is 5.05. The molecule has 0 saturated carbocycles. The maximum absolute atomic E-state index is 13.1. The number of nitrogens with one attached hydrogen (secondary N) is 1. The maximum Gasteiger partial charge on any atom is 0.272 e. The zero-order chi connectivity index (χ0) is 23.1. The Morgan fingerprint density at radius 1 is 1.19 bits per heavy atom. The summed E-state index contributed by atoms with van der Waals surface area (Å²) < 4.78 is 2.20. The Labute approximate surface area is 194 Å². The second kappa shape index (κ2) is 11.3. The van der Waals surface area contributed by atoms with E-state index in [0.29, 0.717) is 47.6 Å². The van der Waals surface area contributed by atoms with E-state index in [-0.39, 0.29) is 17.9 Å². The predicted octanol–water partition coefficient (Wildman–Crippen LogP) is 3.59. The molecule has 32 heavy (non-hydrogen) atoms. The molecule has 0 aliphatic carbocycles. The number of hydrogen-bond acceptors (Lipinski definition) is 7. The number of nitrogens with zero attached hydrogens (tertiary/aromatic N) is 2. The average molecular weight is 473 g/mol. The van der Waals surface area contributed by atoms with Gasteiger partial charge in [0.15, 0.2) is 5.16 Å². The number of aryl methyl sites for hydroxylation is 1. The van der Waals surface area contributed by atoms with Gasteiger partial charge < -0.3 is 15.2 Å². The molecular formula is C23H26N3O4S2-. The van der Waals surface area contributed by atoms with Gasteiger partial charge in [-0.3, -0.25) is 14.2 Å². The number of aliphatic carboxylic acids is 1. The molecule has 1 amide bonds. The van der Waals surface area contributed by atoms with E-state index in [1.54, 1.807) is 4.57 Å². The first-order valence-electron chi connectivity index (χ1n) is 10.6. The highest BCUT2D eigenvalue weighted by atomic mass is 32.2. The molecule has 1 atom stereocenters. The van der Waals surface area contributed by atoms with Crippen LogP contribution in [0, 0.1) is 6.92 Å². The highest BCUT2D eigenvalue weighted by Gasteiger charge is 2.22. The van der Waals surface area contributed by atoms with E-state index >= 15 is 0 Å². The van der Waals surface area contributed by atoms with Gasteiger partial charge in [0, 0.05) is 18.2 Å². The summed E-state index contributed by atoms with van der Waals surface area (Å²) in [6.07, 6.45) is 2.40. The van der Waals surface area contributed by atoms with Crippen LogP contribution in [0.1, 0.15) is 44.6 Å². The van der Waals surface area contributed by atoms with Gasteiger partial charge in [0.2, 0.25) is 5.91 Å². The molecule has 3 rings (SSSR count). The number of unbranched alkanes of at least 4 members (excludes halogenated alkanes) is 2. The van der Waals surface area contributed by atoms with Crippen LogP contribution >= 0.6 is 23.1 Å². The van der Waals surface area contributed by atoms with Crippen LogP contribution in [0.15, 0.2) is 45.7 Å². The van der Waals surface area contributed by atoms with Crippen LogP contribution in [0.2, 0.25) is 0 Å². The predicted molar refractivity (Wildman–Crippen MR) is 127 cm³/mol. The number of carbonyl (C=O) groups excluding carboxylic acids is 2. The van der Waals surface area contributed by atoms with Gasteiger partial charge in [-0.15, -0.1) is 11.3 Å². The summed E-state index contributed by atoms with van der Waals surface area (Å²) in [5.41, 5.74) is 2.35. The van der Waals surface area contributed by atoms with Crippen molar-refractivity contribution in [1.29, 1.82) is 0 Å². The van der Waals surface area contributed by atoms with Gasteiger partial charge in [-0.2, -0.15) is 0 Å². The number of fused-ring (bicyclic) bond motifs is 1. The molecule has 9 heteroatoms. The van der Waals surface area contributed by atoms with Crippen molar-refractivity contribution in [1.82, 2.24) is 9.55 Å². The minimum absolute atomic E-state index is 0.00973. The van der Waals surface area contributed by atoms with Crippen molar-refractivity contribution in [3.05, 3.63) is 51.6 Å². The van der Waals surface area contributed by atoms with Crippen molar-refractivity contribution in [2.24, 2.45) is 0 Å². The van der Waals surface area contributed by atoms with Gasteiger partial charge in [-0.25, -0.2) is 4.98 Å². The van der Waals surface area contributed by atoms with Gasteiger partial charge >= 0.3 is 0 Å². The molecule has 1 N–H and O–H groups in total. The number of benzene rings is 1. The molecule has 1 unspecified atom stereocenters. The van der Waals surface area contributed by atoms with Gasteiger partial charge in [0.1, 0.15) is 4.70 Å². The number of hydrogen-bond donors (Lipinski definition) is 1. The minimum atomic E-state index is -1.06. The van der Waals surface area contributed by atoms with Crippen LogP contribution in [0.5, 0.6) is 0 Å². The van der Waals surface area contributed by atoms with E-state index in [2.05, 4.69) is 10.3 Å². The van der Waals surface area contributed by atoms with Crippen molar-refractivity contribution in [2.75, 3.05) is 5.32 Å². The Hall–Kier alpha value is -2.65. The largest absolute Gasteiger partial charge is 0.550 e. The van der Waals surface area contributed by atoms with Gasteiger partial charge in [0.25, 0.3) is 5.56 Å². The number of amides is 1. The molecule has 0 spiro atoms. The molecule has 0 fully saturated rings. The molecular weight excluding hydrogens is 446 g/mol. The van der Waals surface area contributed by atoms with E-state index in [1.165, 1.54) is 23.1 Å². The summed E-state index contributed by atoms with van der Waals surface area (Å²) in [6, 6.07) is 9.41. The van der Waals surface area contributed by atoms with Gasteiger partial charge in [-0.05, 0) is 56.2 Å². The highest BCUT2D eigenvalue weighted by Crippen LogP contribution is 2.27. The number of carboxylic acid groups (broad SMARTS) is 1. The number of thiophene rings is 1. The quantitative estimate of drug-likeness (QED) is 0.260. The molecule has 1 aromatic carbocycles. The Morgan fingerprint density at radius 3 is 2.62 bits per heavy atom. The first-order valence-corrected chi connectivity index (χ1v) is 12.4. The summed E-state index contributed by atoms with van der Waals surface area (Å²) in [6.45, 7) is 4.34. The smallest absolute Gasteiger partial charge is 0.272 e. The van der Waals surface area contributed by atoms with Crippen LogP contribution in [-0.4, -0.2) is 26.7 Å². The van der Waals surface area contributed by atoms with E-state index in [0.717, 1.165) is 11.3 Å². The third-order valence-electron chi connectivity index (χ3n) is 5.02. The molecule has 0 saturated heterocycles. The van der Waals surface area contributed by atoms with Crippen LogP contribution in [0.4, 0.5) is 5.69 Å². The van der Waals surface area contributed by atoms with E-state index in [1.807, 2.05) is 49.6 Å². The van der Waals surface area contributed by atoms with Crippen molar-refractivity contribution in [2.45, 2.75) is 62.9 Å².